The van der Waals surface area contributed by atoms with Crippen LogP contribution in [0.3, 0.4) is 0 Å². The highest BCUT2D eigenvalue weighted by Crippen LogP contribution is 2.10. The molecular formula is C15H17ClN2O2S. The van der Waals surface area contributed by atoms with Crippen molar-refractivity contribution in [3.8, 4) is 0 Å². The van der Waals surface area contributed by atoms with Crippen molar-refractivity contribution in [3.05, 3.63) is 55.6 Å². The summed E-state index contributed by atoms with van der Waals surface area (Å²) < 4.78 is 1.63. The maximum atomic E-state index is 11.8. The summed E-state index contributed by atoms with van der Waals surface area (Å²) in [5, 5.41) is 5.36. The van der Waals surface area contributed by atoms with Crippen molar-refractivity contribution in [2.75, 3.05) is 6.54 Å². The van der Waals surface area contributed by atoms with Gasteiger partial charge >= 0.3 is 4.87 Å². The van der Waals surface area contributed by atoms with Crippen LogP contribution in [0.15, 0.2) is 34.4 Å². The molecule has 1 N–H and O–H groups in total. The molecule has 4 nitrogen and oxygen atoms in total. The van der Waals surface area contributed by atoms with Gasteiger partial charge in [-0.25, -0.2) is 0 Å². The molecule has 2 rings (SSSR count). The van der Waals surface area contributed by atoms with Crippen LogP contribution in [-0.2, 0) is 17.8 Å². The van der Waals surface area contributed by atoms with Gasteiger partial charge in [0, 0.05) is 35.6 Å². The van der Waals surface area contributed by atoms with E-state index in [1.165, 1.54) is 0 Å². The van der Waals surface area contributed by atoms with Crippen LogP contribution >= 0.6 is 22.9 Å². The Bertz CT molecular complexity index is 678. The Morgan fingerprint density at radius 2 is 2.24 bits per heavy atom. The molecule has 112 valence electrons. The SMILES string of the molecule is Cc1csc(=O)n1CCC(=O)NCCc1cccc(Cl)c1. The van der Waals surface area contributed by atoms with E-state index in [2.05, 4.69) is 5.32 Å². The van der Waals surface area contributed by atoms with Crippen LogP contribution in [0.4, 0.5) is 0 Å². The predicted molar refractivity (Wildman–Crippen MR) is 86.1 cm³/mol. The number of aryl methyl sites for hydroxylation is 1. The third-order valence-electron chi connectivity index (χ3n) is 3.16. The van der Waals surface area contributed by atoms with E-state index in [1.54, 1.807) is 9.95 Å². The van der Waals surface area contributed by atoms with Gasteiger partial charge in [0.25, 0.3) is 0 Å². The van der Waals surface area contributed by atoms with Gasteiger partial charge in [-0.3, -0.25) is 9.59 Å². The second-order valence-corrected chi connectivity index (χ2v) is 6.03. The number of benzene rings is 1. The van der Waals surface area contributed by atoms with Crippen LogP contribution in [0, 0.1) is 6.92 Å². The van der Waals surface area contributed by atoms with Crippen LogP contribution in [0.5, 0.6) is 0 Å². The molecule has 0 saturated heterocycles. The summed E-state index contributed by atoms with van der Waals surface area (Å²) in [4.78, 5) is 23.3. The Balaban J connectivity index is 1.74. The molecule has 2 aromatic rings. The number of amides is 1. The average Bonchev–Trinajstić information content (AvgIpc) is 2.76. The first-order chi connectivity index (χ1) is 10.1. The van der Waals surface area contributed by atoms with Crippen molar-refractivity contribution < 1.29 is 4.79 Å². The average molecular weight is 325 g/mol. The zero-order valence-electron chi connectivity index (χ0n) is 11.8. The fourth-order valence-corrected chi connectivity index (χ4v) is 2.99. The van der Waals surface area contributed by atoms with E-state index >= 15 is 0 Å². The number of halogens is 1. The molecule has 0 spiro atoms. The van der Waals surface area contributed by atoms with Crippen LogP contribution in [0.25, 0.3) is 0 Å². The molecule has 21 heavy (non-hydrogen) atoms. The van der Waals surface area contributed by atoms with Crippen molar-refractivity contribution in [2.24, 2.45) is 0 Å². The Labute approximate surface area is 132 Å². The smallest absolute Gasteiger partial charge is 0.307 e. The van der Waals surface area contributed by atoms with E-state index in [0.717, 1.165) is 29.0 Å². The highest BCUT2D eigenvalue weighted by molar-refractivity contribution is 7.07. The third-order valence-corrected chi connectivity index (χ3v) is 4.28. The van der Waals surface area contributed by atoms with Gasteiger partial charge in [-0.1, -0.05) is 35.1 Å². The monoisotopic (exact) mass is 324 g/mol. The number of nitrogens with one attached hydrogen (secondary N) is 1. The van der Waals surface area contributed by atoms with E-state index in [9.17, 15) is 9.59 Å². The molecule has 0 aliphatic rings. The molecule has 1 aromatic heterocycles. The number of nitrogens with zero attached hydrogens (tertiary/aromatic N) is 1. The minimum Gasteiger partial charge on any atom is -0.356 e. The quantitative estimate of drug-likeness (QED) is 0.888. The highest BCUT2D eigenvalue weighted by atomic mass is 35.5. The van der Waals surface area contributed by atoms with Gasteiger partial charge in [0.2, 0.25) is 5.91 Å². The highest BCUT2D eigenvalue weighted by Gasteiger charge is 2.06. The lowest BCUT2D eigenvalue weighted by molar-refractivity contribution is -0.121. The lowest BCUT2D eigenvalue weighted by Crippen LogP contribution is -2.28. The molecule has 0 aliphatic heterocycles. The van der Waals surface area contributed by atoms with Crippen molar-refractivity contribution in [1.29, 1.82) is 0 Å². The lowest BCUT2D eigenvalue weighted by Gasteiger charge is -2.07. The normalized spacial score (nSPS) is 10.6. The second kappa shape index (κ2) is 7.43. The van der Waals surface area contributed by atoms with Crippen molar-refractivity contribution >= 4 is 28.8 Å². The largest absolute Gasteiger partial charge is 0.356 e. The maximum Gasteiger partial charge on any atom is 0.307 e. The van der Waals surface area contributed by atoms with Crippen LogP contribution in [-0.4, -0.2) is 17.0 Å². The minimum absolute atomic E-state index is 0.0146. The van der Waals surface area contributed by atoms with E-state index < -0.39 is 0 Å². The van der Waals surface area contributed by atoms with Gasteiger partial charge in [-0.2, -0.15) is 0 Å². The standard InChI is InChI=1S/C15H17ClN2O2S/c1-11-10-21-15(20)18(11)8-6-14(19)17-7-5-12-3-2-4-13(16)9-12/h2-4,9-10H,5-8H2,1H3,(H,17,19). The zero-order chi connectivity index (χ0) is 15.2. The summed E-state index contributed by atoms with van der Waals surface area (Å²) in [5.74, 6) is -0.0467. The first-order valence-electron chi connectivity index (χ1n) is 6.72. The fraction of sp³-hybridized carbons (Fsp3) is 0.333. The summed E-state index contributed by atoms with van der Waals surface area (Å²) in [6, 6.07) is 7.59. The number of carbonyl (C=O) groups is 1. The molecule has 0 unspecified atom stereocenters. The first-order valence-corrected chi connectivity index (χ1v) is 7.98. The van der Waals surface area contributed by atoms with Gasteiger partial charge in [0.1, 0.15) is 0 Å². The predicted octanol–water partition coefficient (Wildman–Crippen LogP) is 2.62. The summed E-state index contributed by atoms with van der Waals surface area (Å²) in [5.41, 5.74) is 1.99. The molecule has 0 bridgehead atoms. The molecule has 1 amide bonds. The summed E-state index contributed by atoms with van der Waals surface area (Å²) >= 11 is 7.07. The molecule has 0 fully saturated rings. The number of hydrogen-bond acceptors (Lipinski definition) is 3. The summed E-state index contributed by atoms with van der Waals surface area (Å²) in [7, 11) is 0. The number of aromatic nitrogens is 1. The van der Waals surface area contributed by atoms with Gasteiger partial charge in [0.15, 0.2) is 0 Å². The number of carbonyl (C=O) groups excluding carboxylic acids is 1. The molecule has 1 aromatic carbocycles. The minimum atomic E-state index is -0.0467. The van der Waals surface area contributed by atoms with Gasteiger partial charge in [0.05, 0.1) is 0 Å². The summed E-state index contributed by atoms with van der Waals surface area (Å²) in [6.07, 6.45) is 1.05. The first kappa shape index (κ1) is 15.8. The van der Waals surface area contributed by atoms with E-state index in [4.69, 9.17) is 11.6 Å². The maximum absolute atomic E-state index is 11.8. The number of rotatable bonds is 6. The van der Waals surface area contributed by atoms with Crippen LogP contribution in [0.2, 0.25) is 5.02 Å². The van der Waals surface area contributed by atoms with E-state index in [0.29, 0.717) is 24.5 Å². The van der Waals surface area contributed by atoms with Crippen LogP contribution in [0.1, 0.15) is 17.7 Å². The number of hydrogen-bond donors (Lipinski definition) is 1. The van der Waals surface area contributed by atoms with Crippen molar-refractivity contribution in [2.45, 2.75) is 26.3 Å². The molecule has 0 saturated carbocycles. The second-order valence-electron chi connectivity index (χ2n) is 4.77. The van der Waals surface area contributed by atoms with Gasteiger partial charge in [-0.05, 0) is 31.0 Å². The van der Waals surface area contributed by atoms with E-state index in [-0.39, 0.29) is 10.8 Å². The number of thiazole rings is 1. The Hall–Kier alpha value is -1.59. The molecule has 6 heteroatoms. The van der Waals surface area contributed by atoms with Crippen LogP contribution < -0.4 is 10.2 Å². The fourth-order valence-electron chi connectivity index (χ4n) is 2.02. The molecular weight excluding hydrogens is 308 g/mol. The molecule has 0 atom stereocenters. The lowest BCUT2D eigenvalue weighted by atomic mass is 10.1. The van der Waals surface area contributed by atoms with Gasteiger partial charge in [-0.15, -0.1) is 0 Å². The van der Waals surface area contributed by atoms with Crippen molar-refractivity contribution in [1.82, 2.24) is 9.88 Å². The topological polar surface area (TPSA) is 51.1 Å². The molecule has 1 heterocycles. The van der Waals surface area contributed by atoms with Crippen molar-refractivity contribution in [3.63, 3.8) is 0 Å². The van der Waals surface area contributed by atoms with Gasteiger partial charge < -0.3 is 9.88 Å². The Morgan fingerprint density at radius 1 is 1.43 bits per heavy atom. The zero-order valence-corrected chi connectivity index (χ0v) is 13.3. The Morgan fingerprint density at radius 3 is 2.90 bits per heavy atom. The molecule has 0 radical (unpaired) electrons. The molecule has 0 aliphatic carbocycles. The third kappa shape index (κ3) is 4.72. The Kier molecular flexibility index (Phi) is 5.59. The summed E-state index contributed by atoms with van der Waals surface area (Å²) in [6.45, 7) is 2.86. The van der Waals surface area contributed by atoms with E-state index in [1.807, 2.05) is 31.2 Å².